The van der Waals surface area contributed by atoms with E-state index in [4.69, 9.17) is 11.6 Å². The molecule has 0 N–H and O–H groups in total. The first-order valence-electron chi connectivity index (χ1n) is 11.0. The number of rotatable bonds is 6. The minimum absolute atomic E-state index is 0.0847. The van der Waals surface area contributed by atoms with Crippen molar-refractivity contribution >= 4 is 17.5 Å². The Morgan fingerprint density at radius 1 is 0.935 bits per heavy atom. The van der Waals surface area contributed by atoms with E-state index in [2.05, 4.69) is 35.2 Å². The number of carbonyl (C=O) groups excluding carboxylic acids is 1. The first kappa shape index (κ1) is 21.6. The molecule has 1 saturated heterocycles. The molecule has 160 valence electrons. The number of hydrogen-bond acceptors (Lipinski definition) is 2. The SMILES string of the molecule is Cc1ccc(C(=O)N(Cc2ccccc2Cl)C2CCN(Cc3ccccc3)CC2)cc1. The fourth-order valence-electron chi connectivity index (χ4n) is 4.27. The molecule has 1 aliphatic rings. The molecule has 3 aromatic carbocycles. The van der Waals surface area contributed by atoms with Gasteiger partial charge in [0.05, 0.1) is 0 Å². The van der Waals surface area contributed by atoms with E-state index in [1.807, 2.05) is 60.4 Å². The molecule has 1 amide bonds. The van der Waals surface area contributed by atoms with Crippen molar-refractivity contribution in [3.8, 4) is 0 Å². The number of nitrogens with zero attached hydrogens (tertiary/aromatic N) is 2. The van der Waals surface area contributed by atoms with Gasteiger partial charge in [-0.05, 0) is 49.1 Å². The lowest BCUT2D eigenvalue weighted by atomic mass is 10.00. The summed E-state index contributed by atoms with van der Waals surface area (Å²) < 4.78 is 0. The lowest BCUT2D eigenvalue weighted by Gasteiger charge is -2.39. The molecular weight excluding hydrogens is 404 g/mol. The topological polar surface area (TPSA) is 23.6 Å². The smallest absolute Gasteiger partial charge is 0.254 e. The molecule has 31 heavy (non-hydrogen) atoms. The van der Waals surface area contributed by atoms with Crippen LogP contribution < -0.4 is 0 Å². The van der Waals surface area contributed by atoms with Crippen molar-refractivity contribution in [3.63, 3.8) is 0 Å². The second-order valence-electron chi connectivity index (χ2n) is 8.38. The second-order valence-corrected chi connectivity index (χ2v) is 8.79. The number of carbonyl (C=O) groups is 1. The van der Waals surface area contributed by atoms with Crippen LogP contribution >= 0.6 is 11.6 Å². The fraction of sp³-hybridized carbons (Fsp3) is 0.296. The van der Waals surface area contributed by atoms with Gasteiger partial charge in [0.15, 0.2) is 0 Å². The van der Waals surface area contributed by atoms with Crippen molar-refractivity contribution in [2.75, 3.05) is 13.1 Å². The van der Waals surface area contributed by atoms with E-state index >= 15 is 0 Å². The Kier molecular flexibility index (Phi) is 7.06. The van der Waals surface area contributed by atoms with Gasteiger partial charge in [-0.3, -0.25) is 9.69 Å². The van der Waals surface area contributed by atoms with Crippen LogP contribution in [0.4, 0.5) is 0 Å². The van der Waals surface area contributed by atoms with Crippen LogP contribution in [0, 0.1) is 6.92 Å². The van der Waals surface area contributed by atoms with Gasteiger partial charge in [-0.1, -0.05) is 77.8 Å². The van der Waals surface area contributed by atoms with Gasteiger partial charge >= 0.3 is 0 Å². The Morgan fingerprint density at radius 2 is 1.58 bits per heavy atom. The first-order chi connectivity index (χ1) is 15.1. The third-order valence-corrected chi connectivity index (χ3v) is 6.47. The Hall–Kier alpha value is -2.62. The molecule has 0 unspecified atom stereocenters. The molecule has 0 aromatic heterocycles. The first-order valence-corrected chi connectivity index (χ1v) is 11.4. The summed E-state index contributed by atoms with van der Waals surface area (Å²) in [6, 6.07) is 26.5. The Morgan fingerprint density at radius 3 is 2.26 bits per heavy atom. The standard InChI is InChI=1S/C27H29ClN2O/c1-21-11-13-23(14-12-21)27(31)30(20-24-9-5-6-10-26(24)28)25-15-17-29(18-16-25)19-22-7-3-2-4-8-22/h2-14,25H,15-20H2,1H3. The predicted octanol–water partition coefficient (Wildman–Crippen LogP) is 5.96. The van der Waals surface area contributed by atoms with Crippen molar-refractivity contribution in [1.82, 2.24) is 9.80 Å². The Labute approximate surface area is 190 Å². The minimum Gasteiger partial charge on any atom is -0.331 e. The van der Waals surface area contributed by atoms with Crippen LogP contribution in [0.15, 0.2) is 78.9 Å². The molecule has 1 aliphatic heterocycles. The maximum Gasteiger partial charge on any atom is 0.254 e. The zero-order valence-electron chi connectivity index (χ0n) is 18.0. The van der Waals surface area contributed by atoms with Crippen LogP contribution in [0.1, 0.15) is 39.9 Å². The van der Waals surface area contributed by atoms with Crippen molar-refractivity contribution in [2.45, 2.75) is 38.9 Å². The highest BCUT2D eigenvalue weighted by molar-refractivity contribution is 6.31. The average molecular weight is 433 g/mol. The molecule has 0 atom stereocenters. The lowest BCUT2D eigenvalue weighted by molar-refractivity contribution is 0.0543. The van der Waals surface area contributed by atoms with E-state index in [1.165, 1.54) is 5.56 Å². The summed E-state index contributed by atoms with van der Waals surface area (Å²) in [5.41, 5.74) is 4.23. The number of halogens is 1. The highest BCUT2D eigenvalue weighted by Gasteiger charge is 2.29. The zero-order valence-corrected chi connectivity index (χ0v) is 18.8. The number of piperidine rings is 1. The average Bonchev–Trinajstić information content (AvgIpc) is 2.80. The van der Waals surface area contributed by atoms with Gasteiger partial charge in [0.1, 0.15) is 0 Å². The number of hydrogen-bond donors (Lipinski definition) is 0. The summed E-state index contributed by atoms with van der Waals surface area (Å²) in [6.07, 6.45) is 1.93. The van der Waals surface area contributed by atoms with Crippen LogP contribution in [0.2, 0.25) is 5.02 Å². The molecular formula is C27H29ClN2O. The molecule has 0 radical (unpaired) electrons. The van der Waals surface area contributed by atoms with Crippen LogP contribution in [-0.4, -0.2) is 34.8 Å². The molecule has 0 bridgehead atoms. The van der Waals surface area contributed by atoms with Gasteiger partial charge in [0.25, 0.3) is 5.91 Å². The van der Waals surface area contributed by atoms with Gasteiger partial charge in [0.2, 0.25) is 0 Å². The lowest BCUT2D eigenvalue weighted by Crippen LogP contribution is -2.46. The molecule has 4 rings (SSSR count). The molecule has 3 nitrogen and oxygen atoms in total. The van der Waals surface area contributed by atoms with Crippen molar-refractivity contribution in [2.24, 2.45) is 0 Å². The highest BCUT2D eigenvalue weighted by Crippen LogP contribution is 2.25. The van der Waals surface area contributed by atoms with Crippen molar-refractivity contribution in [3.05, 3.63) is 106 Å². The molecule has 0 spiro atoms. The summed E-state index contributed by atoms with van der Waals surface area (Å²) in [4.78, 5) is 18.0. The maximum atomic E-state index is 13.5. The van der Waals surface area contributed by atoms with E-state index in [1.54, 1.807) is 0 Å². The fourth-order valence-corrected chi connectivity index (χ4v) is 4.47. The number of likely N-dealkylation sites (tertiary alicyclic amines) is 1. The molecule has 0 saturated carbocycles. The molecule has 4 heteroatoms. The third kappa shape index (κ3) is 5.55. The van der Waals surface area contributed by atoms with E-state index in [-0.39, 0.29) is 11.9 Å². The predicted molar refractivity (Wildman–Crippen MR) is 127 cm³/mol. The maximum absolute atomic E-state index is 13.5. The van der Waals surface area contributed by atoms with Gasteiger partial charge in [-0.2, -0.15) is 0 Å². The van der Waals surface area contributed by atoms with Crippen molar-refractivity contribution < 1.29 is 4.79 Å². The van der Waals surface area contributed by atoms with E-state index in [9.17, 15) is 4.79 Å². The van der Waals surface area contributed by atoms with Gasteiger partial charge in [0, 0.05) is 42.8 Å². The summed E-state index contributed by atoms with van der Waals surface area (Å²) in [5, 5.41) is 0.714. The zero-order chi connectivity index (χ0) is 21.6. The van der Waals surface area contributed by atoms with Crippen LogP contribution in [0.25, 0.3) is 0 Å². The van der Waals surface area contributed by atoms with Crippen LogP contribution in [0.3, 0.4) is 0 Å². The van der Waals surface area contributed by atoms with Crippen molar-refractivity contribution in [1.29, 1.82) is 0 Å². The largest absolute Gasteiger partial charge is 0.331 e. The van der Waals surface area contributed by atoms with E-state index in [0.717, 1.165) is 49.2 Å². The minimum atomic E-state index is 0.0847. The van der Waals surface area contributed by atoms with Gasteiger partial charge in [-0.15, -0.1) is 0 Å². The molecule has 0 aliphatic carbocycles. The molecule has 1 heterocycles. The van der Waals surface area contributed by atoms with E-state index in [0.29, 0.717) is 11.6 Å². The monoisotopic (exact) mass is 432 g/mol. The summed E-state index contributed by atoms with van der Waals surface area (Å²) in [5.74, 6) is 0.0847. The normalized spacial score (nSPS) is 15.0. The van der Waals surface area contributed by atoms with Gasteiger partial charge in [-0.25, -0.2) is 0 Å². The number of benzene rings is 3. The van der Waals surface area contributed by atoms with Crippen LogP contribution in [-0.2, 0) is 13.1 Å². The second kappa shape index (κ2) is 10.1. The Bertz CT molecular complexity index is 995. The number of amides is 1. The third-order valence-electron chi connectivity index (χ3n) is 6.10. The molecule has 1 fully saturated rings. The number of aryl methyl sites for hydroxylation is 1. The summed E-state index contributed by atoms with van der Waals surface area (Å²) in [6.45, 7) is 5.51. The van der Waals surface area contributed by atoms with Gasteiger partial charge < -0.3 is 4.90 Å². The summed E-state index contributed by atoms with van der Waals surface area (Å²) in [7, 11) is 0. The van der Waals surface area contributed by atoms with Crippen LogP contribution in [0.5, 0.6) is 0 Å². The Balaban J connectivity index is 1.49. The summed E-state index contributed by atoms with van der Waals surface area (Å²) >= 11 is 6.45. The highest BCUT2D eigenvalue weighted by atomic mass is 35.5. The molecule has 3 aromatic rings. The quantitative estimate of drug-likeness (QED) is 0.480. The van der Waals surface area contributed by atoms with E-state index < -0.39 is 0 Å².